The monoisotopic (exact) mass is 256 g/mol. The van der Waals surface area contributed by atoms with Gasteiger partial charge in [-0.05, 0) is 46.5 Å². The Hall–Kier alpha value is -0.380. The fourth-order valence-electron chi connectivity index (χ4n) is 2.40. The van der Waals surface area contributed by atoms with Crippen LogP contribution in [0.3, 0.4) is 0 Å². The highest BCUT2D eigenvalue weighted by molar-refractivity contribution is 4.98. The van der Waals surface area contributed by atoms with Crippen LogP contribution in [0.4, 0.5) is 0 Å². The van der Waals surface area contributed by atoms with Crippen molar-refractivity contribution in [3.8, 4) is 0 Å². The third-order valence-corrected chi connectivity index (χ3v) is 3.26. The highest BCUT2D eigenvalue weighted by Crippen LogP contribution is 2.42. The lowest BCUT2D eigenvalue weighted by Crippen LogP contribution is -2.38. The summed E-state index contributed by atoms with van der Waals surface area (Å²) in [6.07, 6.45) is 6.70. The fraction of sp³-hybridized carbons (Fsp3) is 0.867. The second-order valence-electron chi connectivity index (χ2n) is 4.64. The summed E-state index contributed by atoms with van der Waals surface area (Å²) in [5, 5.41) is 0. The number of hydrogen-bond donors (Lipinski definition) is 0. The molecule has 0 heterocycles. The van der Waals surface area contributed by atoms with Crippen molar-refractivity contribution in [2.24, 2.45) is 11.8 Å². The molecule has 0 aromatic carbocycles. The average Bonchev–Trinajstić information content (AvgIpc) is 3.15. The molecule has 3 nitrogen and oxygen atoms in total. The lowest BCUT2D eigenvalue weighted by atomic mass is 9.95. The second-order valence-corrected chi connectivity index (χ2v) is 4.64. The first-order valence-electron chi connectivity index (χ1n) is 7.25. The van der Waals surface area contributed by atoms with Crippen LogP contribution >= 0.6 is 0 Å². The molecule has 2 atom stereocenters. The maximum atomic E-state index is 5.87. The van der Waals surface area contributed by atoms with Crippen LogP contribution in [0.25, 0.3) is 0 Å². The molecule has 0 radical (unpaired) electrons. The van der Waals surface area contributed by atoms with Crippen molar-refractivity contribution in [1.82, 2.24) is 0 Å². The largest absolute Gasteiger partial charge is 0.374 e. The summed E-state index contributed by atoms with van der Waals surface area (Å²) in [5.74, 6) is 1.00. The molecular weight excluding hydrogens is 228 g/mol. The topological polar surface area (TPSA) is 27.7 Å². The lowest BCUT2D eigenvalue weighted by molar-refractivity contribution is -0.191. The maximum Gasteiger partial charge on any atom is 0.163 e. The lowest BCUT2D eigenvalue weighted by Gasteiger charge is -2.31. The number of rotatable bonds is 10. The van der Waals surface area contributed by atoms with Crippen molar-refractivity contribution in [3.05, 3.63) is 12.2 Å². The maximum absolute atomic E-state index is 5.87. The zero-order chi connectivity index (χ0) is 13.4. The molecule has 0 spiro atoms. The van der Waals surface area contributed by atoms with Gasteiger partial charge in [-0.1, -0.05) is 12.2 Å². The van der Waals surface area contributed by atoms with Crippen LogP contribution in [0.1, 0.15) is 40.5 Å². The Morgan fingerprint density at radius 1 is 1.00 bits per heavy atom. The van der Waals surface area contributed by atoms with Crippen molar-refractivity contribution in [3.63, 3.8) is 0 Å². The van der Waals surface area contributed by atoms with Gasteiger partial charge in [0.2, 0.25) is 0 Å². The van der Waals surface area contributed by atoms with Crippen molar-refractivity contribution in [2.75, 3.05) is 19.8 Å². The van der Waals surface area contributed by atoms with Crippen molar-refractivity contribution >= 4 is 0 Å². The van der Waals surface area contributed by atoms with Crippen LogP contribution in [0.5, 0.6) is 0 Å². The van der Waals surface area contributed by atoms with E-state index in [9.17, 15) is 0 Å². The Kier molecular flexibility index (Phi) is 7.56. The van der Waals surface area contributed by atoms with Crippen LogP contribution < -0.4 is 0 Å². The Morgan fingerprint density at radius 2 is 1.56 bits per heavy atom. The molecule has 1 fully saturated rings. The van der Waals surface area contributed by atoms with Gasteiger partial charge < -0.3 is 14.2 Å². The van der Waals surface area contributed by atoms with E-state index in [0.29, 0.717) is 25.0 Å². The molecule has 1 aliphatic rings. The summed E-state index contributed by atoms with van der Waals surface area (Å²) in [6, 6.07) is 0. The first-order valence-corrected chi connectivity index (χ1v) is 7.25. The minimum Gasteiger partial charge on any atom is -0.374 e. The average molecular weight is 256 g/mol. The Balaban J connectivity index is 2.75. The highest BCUT2D eigenvalue weighted by atomic mass is 16.7. The van der Waals surface area contributed by atoms with E-state index in [1.807, 2.05) is 27.7 Å². The van der Waals surface area contributed by atoms with Gasteiger partial charge in [0, 0.05) is 25.7 Å². The van der Waals surface area contributed by atoms with Crippen LogP contribution in [0, 0.1) is 11.8 Å². The van der Waals surface area contributed by atoms with E-state index in [-0.39, 0.29) is 12.4 Å². The predicted octanol–water partition coefficient (Wildman–Crippen LogP) is 3.39. The van der Waals surface area contributed by atoms with Gasteiger partial charge in [-0.3, -0.25) is 0 Å². The molecule has 0 amide bonds. The molecule has 0 N–H and O–H groups in total. The third kappa shape index (κ3) is 4.71. The van der Waals surface area contributed by atoms with Gasteiger partial charge in [-0.25, -0.2) is 0 Å². The standard InChI is InChI=1S/C15H28O3/c1-5-9-13(16-6-2)14(12-10-11-12)15(17-7-3)18-8-4/h5,9,12-15H,6-8,10-11H2,1-4H3/b9-5+. The molecule has 2 unspecified atom stereocenters. The number of ether oxygens (including phenoxy) is 3. The summed E-state index contributed by atoms with van der Waals surface area (Å²) in [4.78, 5) is 0. The Bertz CT molecular complexity index is 230. The van der Waals surface area contributed by atoms with Gasteiger partial charge in [0.05, 0.1) is 6.10 Å². The number of allylic oxidation sites excluding steroid dienone is 1. The van der Waals surface area contributed by atoms with Crippen molar-refractivity contribution < 1.29 is 14.2 Å². The molecular formula is C15H28O3. The molecule has 106 valence electrons. The Morgan fingerprint density at radius 3 is 1.94 bits per heavy atom. The minimum absolute atomic E-state index is 0.107. The van der Waals surface area contributed by atoms with Crippen LogP contribution in [-0.2, 0) is 14.2 Å². The summed E-state index contributed by atoms with van der Waals surface area (Å²) in [5.41, 5.74) is 0. The summed E-state index contributed by atoms with van der Waals surface area (Å²) in [7, 11) is 0. The first kappa shape index (κ1) is 15.7. The molecule has 1 saturated carbocycles. The van der Waals surface area contributed by atoms with Gasteiger partial charge in [0.25, 0.3) is 0 Å². The molecule has 0 saturated heterocycles. The summed E-state index contributed by atoms with van der Waals surface area (Å²) in [6.45, 7) is 10.2. The smallest absolute Gasteiger partial charge is 0.163 e. The first-order chi connectivity index (χ1) is 8.78. The quantitative estimate of drug-likeness (QED) is 0.443. The third-order valence-electron chi connectivity index (χ3n) is 3.26. The van der Waals surface area contributed by atoms with Gasteiger partial charge >= 0.3 is 0 Å². The molecule has 0 bridgehead atoms. The minimum atomic E-state index is -0.139. The second kappa shape index (κ2) is 8.68. The molecule has 3 heteroatoms. The highest BCUT2D eigenvalue weighted by Gasteiger charge is 2.42. The molecule has 0 aromatic rings. The summed E-state index contributed by atoms with van der Waals surface area (Å²) < 4.78 is 17.4. The van der Waals surface area contributed by atoms with Crippen LogP contribution in [-0.4, -0.2) is 32.2 Å². The van der Waals surface area contributed by atoms with E-state index in [1.54, 1.807) is 0 Å². The predicted molar refractivity (Wildman–Crippen MR) is 73.5 cm³/mol. The normalized spacial score (nSPS) is 19.6. The molecule has 1 rings (SSSR count). The van der Waals surface area contributed by atoms with E-state index in [0.717, 1.165) is 6.61 Å². The zero-order valence-corrected chi connectivity index (χ0v) is 12.2. The van der Waals surface area contributed by atoms with E-state index in [2.05, 4.69) is 12.2 Å². The van der Waals surface area contributed by atoms with E-state index in [4.69, 9.17) is 14.2 Å². The molecule has 0 aliphatic heterocycles. The molecule has 1 aliphatic carbocycles. The van der Waals surface area contributed by atoms with E-state index in [1.165, 1.54) is 12.8 Å². The van der Waals surface area contributed by atoms with Crippen molar-refractivity contribution in [1.29, 1.82) is 0 Å². The van der Waals surface area contributed by atoms with Gasteiger partial charge in [-0.15, -0.1) is 0 Å². The summed E-state index contributed by atoms with van der Waals surface area (Å²) >= 11 is 0. The van der Waals surface area contributed by atoms with Gasteiger partial charge in [0.15, 0.2) is 6.29 Å². The SMILES string of the molecule is C/C=C/C(OCC)C(C1CC1)C(OCC)OCC. The van der Waals surface area contributed by atoms with Gasteiger partial charge in [-0.2, -0.15) is 0 Å². The zero-order valence-electron chi connectivity index (χ0n) is 12.2. The van der Waals surface area contributed by atoms with Gasteiger partial charge in [0.1, 0.15) is 0 Å². The van der Waals surface area contributed by atoms with E-state index < -0.39 is 0 Å². The number of hydrogen-bond acceptors (Lipinski definition) is 3. The molecule has 18 heavy (non-hydrogen) atoms. The Labute approximate surface area is 111 Å². The van der Waals surface area contributed by atoms with E-state index >= 15 is 0 Å². The van der Waals surface area contributed by atoms with Crippen LogP contribution in [0.2, 0.25) is 0 Å². The molecule has 0 aromatic heterocycles. The van der Waals surface area contributed by atoms with Crippen molar-refractivity contribution in [2.45, 2.75) is 52.9 Å². The fourth-order valence-corrected chi connectivity index (χ4v) is 2.40. The van der Waals surface area contributed by atoms with Crippen LogP contribution in [0.15, 0.2) is 12.2 Å².